The molecule has 1 N–H and O–H groups in total. The summed E-state index contributed by atoms with van der Waals surface area (Å²) in [5, 5.41) is 5.73. The van der Waals surface area contributed by atoms with Gasteiger partial charge in [0.05, 0.1) is 15.2 Å². The standard InChI is InChI=1S/C16H14Cl2N2S/c1-19-14(10-6-11(17)8-12(18)7-10)9-16-20-13-4-2-3-5-15(13)21-16/h2-8,14,19H,9H2,1H3. The number of para-hydroxylation sites is 1. The third kappa shape index (κ3) is 3.38. The van der Waals surface area contributed by atoms with Gasteiger partial charge in [0.1, 0.15) is 0 Å². The number of nitrogens with one attached hydrogen (secondary N) is 1. The molecule has 0 bridgehead atoms. The Morgan fingerprint density at radius 2 is 1.86 bits per heavy atom. The second-order valence-electron chi connectivity index (χ2n) is 4.82. The minimum absolute atomic E-state index is 0.141. The van der Waals surface area contributed by atoms with E-state index >= 15 is 0 Å². The van der Waals surface area contributed by atoms with Crippen molar-refractivity contribution in [2.45, 2.75) is 12.5 Å². The van der Waals surface area contributed by atoms with Crippen LogP contribution in [0.2, 0.25) is 10.0 Å². The molecule has 1 aromatic heterocycles. The maximum absolute atomic E-state index is 6.09. The summed E-state index contributed by atoms with van der Waals surface area (Å²) < 4.78 is 1.21. The molecule has 0 saturated heterocycles. The van der Waals surface area contributed by atoms with Crippen LogP contribution in [0.25, 0.3) is 10.2 Å². The van der Waals surface area contributed by atoms with Crippen LogP contribution in [0, 0.1) is 0 Å². The van der Waals surface area contributed by atoms with Gasteiger partial charge in [-0.15, -0.1) is 11.3 Å². The fourth-order valence-electron chi connectivity index (χ4n) is 2.34. The maximum atomic E-state index is 6.09. The summed E-state index contributed by atoms with van der Waals surface area (Å²) in [4.78, 5) is 4.68. The van der Waals surface area contributed by atoms with Crippen molar-refractivity contribution in [3.63, 3.8) is 0 Å². The number of likely N-dealkylation sites (N-methyl/N-ethyl adjacent to an activating group) is 1. The number of nitrogens with zero attached hydrogens (tertiary/aromatic N) is 1. The van der Waals surface area contributed by atoms with Crippen LogP contribution in [0.3, 0.4) is 0 Å². The van der Waals surface area contributed by atoms with E-state index in [4.69, 9.17) is 23.2 Å². The van der Waals surface area contributed by atoms with Gasteiger partial charge >= 0.3 is 0 Å². The van der Waals surface area contributed by atoms with Crippen LogP contribution in [-0.4, -0.2) is 12.0 Å². The lowest BCUT2D eigenvalue weighted by Crippen LogP contribution is -2.18. The Kier molecular flexibility index (Phi) is 4.45. The molecule has 108 valence electrons. The quantitative estimate of drug-likeness (QED) is 0.716. The second kappa shape index (κ2) is 6.32. The Morgan fingerprint density at radius 3 is 2.52 bits per heavy atom. The highest BCUT2D eigenvalue weighted by Gasteiger charge is 2.14. The SMILES string of the molecule is CNC(Cc1nc2ccccc2s1)c1cc(Cl)cc(Cl)c1. The molecule has 1 heterocycles. The van der Waals surface area contributed by atoms with Crippen molar-refractivity contribution in [3.8, 4) is 0 Å². The van der Waals surface area contributed by atoms with Crippen LogP contribution < -0.4 is 5.32 Å². The highest BCUT2D eigenvalue weighted by molar-refractivity contribution is 7.18. The molecule has 0 aliphatic rings. The highest BCUT2D eigenvalue weighted by Crippen LogP contribution is 2.28. The number of aromatic nitrogens is 1. The fraction of sp³-hybridized carbons (Fsp3) is 0.188. The largest absolute Gasteiger partial charge is 0.313 e. The summed E-state index contributed by atoms with van der Waals surface area (Å²) in [5.41, 5.74) is 2.13. The zero-order valence-corrected chi connectivity index (χ0v) is 13.8. The van der Waals surface area contributed by atoms with Crippen LogP contribution in [0.5, 0.6) is 0 Å². The van der Waals surface area contributed by atoms with E-state index in [1.165, 1.54) is 4.70 Å². The van der Waals surface area contributed by atoms with Gasteiger partial charge in [0, 0.05) is 22.5 Å². The van der Waals surface area contributed by atoms with E-state index in [2.05, 4.69) is 16.4 Å². The number of rotatable bonds is 4. The van der Waals surface area contributed by atoms with Crippen LogP contribution >= 0.6 is 34.5 Å². The molecule has 2 nitrogen and oxygen atoms in total. The minimum Gasteiger partial charge on any atom is -0.313 e. The number of benzene rings is 2. The molecule has 1 atom stereocenters. The van der Waals surface area contributed by atoms with Crippen molar-refractivity contribution in [2.75, 3.05) is 7.05 Å². The molecule has 0 fully saturated rings. The summed E-state index contributed by atoms with van der Waals surface area (Å²) in [7, 11) is 1.94. The van der Waals surface area contributed by atoms with Gasteiger partial charge in [0.2, 0.25) is 0 Å². The molecule has 3 rings (SSSR count). The van der Waals surface area contributed by atoms with Crippen molar-refractivity contribution < 1.29 is 0 Å². The number of thiazole rings is 1. The van der Waals surface area contributed by atoms with Gasteiger partial charge in [-0.1, -0.05) is 35.3 Å². The van der Waals surface area contributed by atoms with E-state index in [0.717, 1.165) is 22.5 Å². The molecule has 0 radical (unpaired) electrons. The zero-order valence-electron chi connectivity index (χ0n) is 11.4. The Morgan fingerprint density at radius 1 is 1.14 bits per heavy atom. The molecule has 0 amide bonds. The molecule has 5 heteroatoms. The van der Waals surface area contributed by atoms with E-state index in [-0.39, 0.29) is 6.04 Å². The first-order chi connectivity index (χ1) is 10.2. The molecule has 2 aromatic carbocycles. The molecule has 21 heavy (non-hydrogen) atoms. The Bertz CT molecular complexity index is 717. The molecule has 3 aromatic rings. The van der Waals surface area contributed by atoms with Crippen molar-refractivity contribution in [1.29, 1.82) is 0 Å². The summed E-state index contributed by atoms with van der Waals surface area (Å²) in [6.07, 6.45) is 0.812. The average Bonchev–Trinajstić information content (AvgIpc) is 2.86. The molecule has 0 saturated carbocycles. The summed E-state index contributed by atoms with van der Waals surface area (Å²) in [6.45, 7) is 0. The van der Waals surface area contributed by atoms with E-state index < -0.39 is 0 Å². The highest BCUT2D eigenvalue weighted by atomic mass is 35.5. The van der Waals surface area contributed by atoms with Crippen molar-refractivity contribution in [2.24, 2.45) is 0 Å². The summed E-state index contributed by atoms with van der Waals surface area (Å²) in [5.74, 6) is 0. The zero-order chi connectivity index (χ0) is 14.8. The average molecular weight is 337 g/mol. The van der Waals surface area contributed by atoms with Crippen LogP contribution in [0.1, 0.15) is 16.6 Å². The molecule has 0 aliphatic heterocycles. The minimum atomic E-state index is 0.141. The molecule has 0 aliphatic carbocycles. The molecular weight excluding hydrogens is 323 g/mol. The molecule has 0 spiro atoms. The van der Waals surface area contributed by atoms with Gasteiger partial charge in [-0.05, 0) is 42.9 Å². The van der Waals surface area contributed by atoms with Gasteiger partial charge in [-0.25, -0.2) is 4.98 Å². The van der Waals surface area contributed by atoms with Crippen LogP contribution in [0.4, 0.5) is 0 Å². The number of fused-ring (bicyclic) bond motifs is 1. The molecular formula is C16H14Cl2N2S. The van der Waals surface area contributed by atoms with Gasteiger partial charge in [0.25, 0.3) is 0 Å². The Hall–Kier alpha value is -1.13. The molecule has 1 unspecified atom stereocenters. The number of hydrogen-bond acceptors (Lipinski definition) is 3. The van der Waals surface area contributed by atoms with Gasteiger partial charge in [0.15, 0.2) is 0 Å². The van der Waals surface area contributed by atoms with Crippen molar-refractivity contribution >= 4 is 44.8 Å². The number of hydrogen-bond donors (Lipinski definition) is 1. The van der Waals surface area contributed by atoms with Crippen molar-refractivity contribution in [3.05, 3.63) is 63.1 Å². The van der Waals surface area contributed by atoms with Crippen LogP contribution in [0.15, 0.2) is 42.5 Å². The first kappa shape index (κ1) is 14.8. The Balaban J connectivity index is 1.89. The first-order valence-corrected chi connectivity index (χ1v) is 8.20. The van der Waals surface area contributed by atoms with E-state index in [9.17, 15) is 0 Å². The monoisotopic (exact) mass is 336 g/mol. The first-order valence-electron chi connectivity index (χ1n) is 6.63. The van der Waals surface area contributed by atoms with E-state index in [1.54, 1.807) is 17.4 Å². The normalized spacial score (nSPS) is 12.7. The van der Waals surface area contributed by atoms with Gasteiger partial charge in [-0.3, -0.25) is 0 Å². The van der Waals surface area contributed by atoms with Crippen molar-refractivity contribution in [1.82, 2.24) is 10.3 Å². The predicted octanol–water partition coefficient (Wildman–Crippen LogP) is 5.11. The maximum Gasteiger partial charge on any atom is 0.0957 e. The summed E-state index contributed by atoms with van der Waals surface area (Å²) in [6, 6.07) is 14.0. The van der Waals surface area contributed by atoms with E-state index in [0.29, 0.717) is 10.0 Å². The topological polar surface area (TPSA) is 24.9 Å². The Labute approximate surface area is 137 Å². The second-order valence-corrected chi connectivity index (χ2v) is 6.81. The van der Waals surface area contributed by atoms with Crippen LogP contribution in [-0.2, 0) is 6.42 Å². The van der Waals surface area contributed by atoms with Gasteiger partial charge in [-0.2, -0.15) is 0 Å². The summed E-state index contributed by atoms with van der Waals surface area (Å²) >= 11 is 13.9. The van der Waals surface area contributed by atoms with Gasteiger partial charge < -0.3 is 5.32 Å². The third-order valence-corrected chi connectivity index (χ3v) is 4.85. The fourth-order valence-corrected chi connectivity index (χ4v) is 3.90. The lowest BCUT2D eigenvalue weighted by Gasteiger charge is -2.16. The smallest absolute Gasteiger partial charge is 0.0957 e. The number of halogens is 2. The lowest BCUT2D eigenvalue weighted by molar-refractivity contribution is 0.591. The predicted molar refractivity (Wildman–Crippen MR) is 91.6 cm³/mol. The third-order valence-electron chi connectivity index (χ3n) is 3.35. The van der Waals surface area contributed by atoms with E-state index in [1.807, 2.05) is 37.4 Å². The lowest BCUT2D eigenvalue weighted by atomic mass is 10.0.